The van der Waals surface area contributed by atoms with Crippen LogP contribution >= 0.6 is 31.9 Å². The highest BCUT2D eigenvalue weighted by atomic mass is 79.9. The van der Waals surface area contributed by atoms with E-state index in [2.05, 4.69) is 47.5 Å². The minimum absolute atomic E-state index is 0.0670. The second-order valence-electron chi connectivity index (χ2n) is 6.90. The Morgan fingerprint density at radius 2 is 2.06 bits per heavy atom. The van der Waals surface area contributed by atoms with Gasteiger partial charge in [-0.15, -0.1) is 5.10 Å². The molecule has 3 aromatic rings. The third-order valence-electron chi connectivity index (χ3n) is 4.66. The third-order valence-corrected chi connectivity index (χ3v) is 5.77. The molecule has 0 radical (unpaired) electrons. The van der Waals surface area contributed by atoms with Crippen molar-refractivity contribution in [1.82, 2.24) is 15.0 Å². The number of aromatic nitrogens is 3. The first kappa shape index (κ1) is 21.6. The van der Waals surface area contributed by atoms with Crippen LogP contribution in [0.15, 0.2) is 51.5 Å². The van der Waals surface area contributed by atoms with Crippen molar-refractivity contribution in [3.63, 3.8) is 0 Å². The van der Waals surface area contributed by atoms with Crippen molar-refractivity contribution in [2.45, 2.75) is 26.0 Å². The largest absolute Gasteiger partial charge is 0.481 e. The molecule has 1 aliphatic rings. The summed E-state index contributed by atoms with van der Waals surface area (Å²) >= 11 is 6.86. The van der Waals surface area contributed by atoms with Gasteiger partial charge >= 0.3 is 0 Å². The van der Waals surface area contributed by atoms with E-state index in [0.717, 1.165) is 26.0 Å². The zero-order chi connectivity index (χ0) is 21.8. The number of Topliss-reactive ketones (excluding diaryl/α,β-unsaturated/α-hetero) is 1. The number of carbonyl (C=O) groups excluding carboxylic acids is 1. The molecule has 1 aromatic heterocycles. The molecular formula is C21H20Br2N4O4. The number of carbonyl (C=O) groups is 1. The van der Waals surface area contributed by atoms with Gasteiger partial charge in [-0.25, -0.2) is 4.68 Å². The number of benzene rings is 2. The van der Waals surface area contributed by atoms with Crippen LogP contribution in [0.1, 0.15) is 18.9 Å². The van der Waals surface area contributed by atoms with Gasteiger partial charge in [0.25, 0.3) is 0 Å². The Kier molecular flexibility index (Phi) is 6.77. The van der Waals surface area contributed by atoms with Crippen LogP contribution in [0.4, 0.5) is 5.82 Å². The average Bonchev–Trinajstić information content (AvgIpc) is 3.40. The lowest BCUT2D eigenvalue weighted by Gasteiger charge is -2.17. The maximum atomic E-state index is 12.6. The molecule has 0 spiro atoms. The van der Waals surface area contributed by atoms with E-state index in [9.17, 15) is 4.79 Å². The number of halogens is 2. The molecule has 0 bridgehead atoms. The number of rotatable bonds is 9. The lowest BCUT2D eigenvalue weighted by Crippen LogP contribution is -2.32. The summed E-state index contributed by atoms with van der Waals surface area (Å²) in [5.41, 5.74) is 1.01. The Labute approximate surface area is 196 Å². The molecule has 10 heteroatoms. The average molecular weight is 552 g/mol. The molecule has 0 amide bonds. The van der Waals surface area contributed by atoms with Crippen molar-refractivity contribution in [2.24, 2.45) is 0 Å². The molecule has 1 atom stereocenters. The van der Waals surface area contributed by atoms with E-state index < -0.39 is 6.10 Å². The molecule has 1 N–H and O–H groups in total. The van der Waals surface area contributed by atoms with Gasteiger partial charge in [0.15, 0.2) is 29.2 Å². The van der Waals surface area contributed by atoms with Gasteiger partial charge in [0, 0.05) is 4.47 Å². The summed E-state index contributed by atoms with van der Waals surface area (Å²) in [5.74, 6) is 2.55. The molecule has 162 valence electrons. The number of hydrogen-bond donors (Lipinski definition) is 1. The van der Waals surface area contributed by atoms with Crippen LogP contribution in [0.2, 0.25) is 0 Å². The molecule has 2 heterocycles. The Bertz CT molecular complexity index is 1090. The minimum Gasteiger partial charge on any atom is -0.481 e. The zero-order valence-corrected chi connectivity index (χ0v) is 19.8. The van der Waals surface area contributed by atoms with Crippen LogP contribution in [0.3, 0.4) is 0 Å². The summed E-state index contributed by atoms with van der Waals surface area (Å²) in [4.78, 5) is 12.6. The van der Waals surface area contributed by atoms with Crippen LogP contribution in [0, 0.1) is 0 Å². The van der Waals surface area contributed by atoms with E-state index in [1.54, 1.807) is 10.9 Å². The van der Waals surface area contributed by atoms with Crippen molar-refractivity contribution >= 4 is 43.5 Å². The van der Waals surface area contributed by atoms with Crippen molar-refractivity contribution in [3.05, 3.63) is 57.1 Å². The SMILES string of the molecule is CCC(Oc1ccc(Br)cc1Br)C(=O)CNc1cn(Cc2ccc3c(c2)OCO3)nn1. The van der Waals surface area contributed by atoms with Crippen LogP contribution in [-0.2, 0) is 11.3 Å². The van der Waals surface area contributed by atoms with Crippen LogP contribution < -0.4 is 19.5 Å². The highest BCUT2D eigenvalue weighted by molar-refractivity contribution is 9.11. The van der Waals surface area contributed by atoms with E-state index in [4.69, 9.17) is 14.2 Å². The lowest BCUT2D eigenvalue weighted by atomic mass is 10.2. The van der Waals surface area contributed by atoms with Gasteiger partial charge in [0.2, 0.25) is 6.79 Å². The number of ether oxygens (including phenoxy) is 3. The van der Waals surface area contributed by atoms with Crippen molar-refractivity contribution in [3.8, 4) is 17.2 Å². The fraction of sp³-hybridized carbons (Fsp3) is 0.286. The minimum atomic E-state index is -0.561. The molecule has 2 aromatic carbocycles. The zero-order valence-electron chi connectivity index (χ0n) is 16.7. The summed E-state index contributed by atoms with van der Waals surface area (Å²) in [6, 6.07) is 11.3. The van der Waals surface area contributed by atoms with Crippen LogP contribution in [-0.4, -0.2) is 40.2 Å². The molecule has 0 saturated carbocycles. The van der Waals surface area contributed by atoms with Gasteiger partial charge < -0.3 is 19.5 Å². The predicted molar refractivity (Wildman–Crippen MR) is 122 cm³/mol. The van der Waals surface area contributed by atoms with Gasteiger partial charge in [-0.1, -0.05) is 34.1 Å². The number of ketones is 1. The smallest absolute Gasteiger partial charge is 0.231 e. The first-order chi connectivity index (χ1) is 15.0. The number of hydrogen-bond acceptors (Lipinski definition) is 7. The summed E-state index contributed by atoms with van der Waals surface area (Å²) in [5, 5.41) is 11.2. The van der Waals surface area contributed by atoms with Crippen LogP contribution in [0.5, 0.6) is 17.2 Å². The molecule has 31 heavy (non-hydrogen) atoms. The summed E-state index contributed by atoms with van der Waals surface area (Å²) in [7, 11) is 0. The quantitative estimate of drug-likeness (QED) is 0.421. The molecule has 0 saturated heterocycles. The Morgan fingerprint density at radius 1 is 1.23 bits per heavy atom. The predicted octanol–water partition coefficient (Wildman–Crippen LogP) is 4.42. The number of nitrogens with zero attached hydrogens (tertiary/aromatic N) is 3. The van der Waals surface area contributed by atoms with Gasteiger partial charge in [-0.3, -0.25) is 4.79 Å². The van der Waals surface area contributed by atoms with Gasteiger partial charge in [-0.05, 0) is 58.2 Å². The highest BCUT2D eigenvalue weighted by Crippen LogP contribution is 2.32. The van der Waals surface area contributed by atoms with Gasteiger partial charge in [0.05, 0.1) is 23.8 Å². The molecule has 1 aliphatic heterocycles. The van der Waals surface area contributed by atoms with E-state index in [1.165, 1.54) is 0 Å². The lowest BCUT2D eigenvalue weighted by molar-refractivity contribution is -0.124. The molecule has 0 aliphatic carbocycles. The van der Waals surface area contributed by atoms with E-state index in [-0.39, 0.29) is 19.1 Å². The second-order valence-corrected chi connectivity index (χ2v) is 8.67. The van der Waals surface area contributed by atoms with Crippen molar-refractivity contribution in [2.75, 3.05) is 18.7 Å². The standard InChI is InChI=1S/C21H20Br2N4O4/c1-2-17(31-18-6-4-14(22)8-15(18)23)16(28)9-24-21-11-27(26-25-21)10-13-3-5-19-20(7-13)30-12-29-19/h3-8,11,17,24H,2,9-10,12H2,1H3. The van der Waals surface area contributed by atoms with Crippen LogP contribution in [0.25, 0.3) is 0 Å². The monoisotopic (exact) mass is 550 g/mol. The number of fused-ring (bicyclic) bond motifs is 1. The Morgan fingerprint density at radius 3 is 2.87 bits per heavy atom. The first-order valence-electron chi connectivity index (χ1n) is 9.68. The molecular weight excluding hydrogens is 532 g/mol. The molecule has 0 fully saturated rings. The normalized spacial score (nSPS) is 13.1. The maximum absolute atomic E-state index is 12.6. The van der Waals surface area contributed by atoms with E-state index >= 15 is 0 Å². The fourth-order valence-corrected chi connectivity index (χ4v) is 4.22. The van der Waals surface area contributed by atoms with Crippen molar-refractivity contribution in [1.29, 1.82) is 0 Å². The third kappa shape index (κ3) is 5.37. The second kappa shape index (κ2) is 9.69. The molecule has 8 nitrogen and oxygen atoms in total. The summed E-state index contributed by atoms with van der Waals surface area (Å²) in [6.07, 6.45) is 1.75. The Balaban J connectivity index is 1.32. The summed E-state index contributed by atoms with van der Waals surface area (Å²) in [6.45, 7) is 2.77. The summed E-state index contributed by atoms with van der Waals surface area (Å²) < 4.78 is 20.0. The highest BCUT2D eigenvalue weighted by Gasteiger charge is 2.20. The van der Waals surface area contributed by atoms with Gasteiger partial charge in [-0.2, -0.15) is 0 Å². The molecule has 1 unspecified atom stereocenters. The first-order valence-corrected chi connectivity index (χ1v) is 11.3. The topological polar surface area (TPSA) is 87.5 Å². The molecule has 4 rings (SSSR count). The fourth-order valence-electron chi connectivity index (χ4n) is 3.08. The maximum Gasteiger partial charge on any atom is 0.231 e. The Hall–Kier alpha value is -2.59. The number of anilines is 1. The van der Waals surface area contributed by atoms with Gasteiger partial charge in [0.1, 0.15) is 5.75 Å². The van der Waals surface area contributed by atoms with E-state index in [0.29, 0.717) is 24.5 Å². The number of nitrogens with one attached hydrogen (secondary N) is 1. The van der Waals surface area contributed by atoms with E-state index in [1.807, 2.05) is 43.3 Å². The van der Waals surface area contributed by atoms with Crippen molar-refractivity contribution < 1.29 is 19.0 Å².